The highest BCUT2D eigenvalue weighted by molar-refractivity contribution is 5.89. The highest BCUT2D eigenvalue weighted by Crippen LogP contribution is 2.23. The van der Waals surface area contributed by atoms with Crippen LogP contribution in [0, 0.1) is 0 Å². The van der Waals surface area contributed by atoms with Gasteiger partial charge in [-0.2, -0.15) is 5.10 Å². The first-order valence-corrected chi connectivity index (χ1v) is 11.2. The van der Waals surface area contributed by atoms with Crippen molar-refractivity contribution < 1.29 is 9.59 Å². The van der Waals surface area contributed by atoms with E-state index in [0.717, 1.165) is 12.1 Å². The summed E-state index contributed by atoms with van der Waals surface area (Å²) in [5.41, 5.74) is 2.15. The van der Waals surface area contributed by atoms with Crippen LogP contribution in [0.5, 0.6) is 0 Å². The highest BCUT2D eigenvalue weighted by atomic mass is 16.2. The van der Waals surface area contributed by atoms with Crippen LogP contribution in [0.2, 0.25) is 0 Å². The third kappa shape index (κ3) is 4.83. The number of aromatic nitrogens is 2. The maximum Gasteiger partial charge on any atom is 0.237 e. The Balaban J connectivity index is 1.52. The predicted octanol–water partition coefficient (Wildman–Crippen LogP) is 2.70. The minimum absolute atomic E-state index is 0.0196. The van der Waals surface area contributed by atoms with Gasteiger partial charge >= 0.3 is 0 Å². The number of nitrogens with zero attached hydrogens (tertiary/aromatic N) is 4. The molecule has 4 rings (SSSR count). The number of piperazine rings is 1. The molecule has 168 valence electrons. The average molecular weight is 434 g/mol. The van der Waals surface area contributed by atoms with Gasteiger partial charge in [-0.15, -0.1) is 0 Å². The number of hydrogen-bond acceptors (Lipinski definition) is 4. The van der Waals surface area contributed by atoms with E-state index in [2.05, 4.69) is 45.6 Å². The number of aryl methyl sites for hydroxylation is 1. The smallest absolute Gasteiger partial charge is 0.237 e. The fourth-order valence-electron chi connectivity index (χ4n) is 4.41. The molecule has 1 atom stereocenters. The molecule has 0 aliphatic carbocycles. The Morgan fingerprint density at radius 2 is 2.00 bits per heavy atom. The summed E-state index contributed by atoms with van der Waals surface area (Å²) in [7, 11) is 1.86. The van der Waals surface area contributed by atoms with E-state index in [9.17, 15) is 9.59 Å². The van der Waals surface area contributed by atoms with Crippen molar-refractivity contribution in [3.05, 3.63) is 66.0 Å². The first kappa shape index (κ1) is 22.0. The third-order valence-corrected chi connectivity index (χ3v) is 6.12. The van der Waals surface area contributed by atoms with E-state index in [-0.39, 0.29) is 24.3 Å². The lowest BCUT2D eigenvalue weighted by Gasteiger charge is -2.36. The minimum atomic E-state index is -0.481. The Kier molecular flexibility index (Phi) is 6.55. The van der Waals surface area contributed by atoms with Crippen molar-refractivity contribution in [3.8, 4) is 0 Å². The van der Waals surface area contributed by atoms with Gasteiger partial charge in [0.25, 0.3) is 0 Å². The van der Waals surface area contributed by atoms with Crippen LogP contribution < -0.4 is 5.32 Å². The van der Waals surface area contributed by atoms with Gasteiger partial charge in [0.15, 0.2) is 0 Å². The molecule has 1 fully saturated rings. The zero-order chi connectivity index (χ0) is 22.7. The second-order valence-corrected chi connectivity index (χ2v) is 8.76. The number of carbonyl (C=O) groups is 2. The molecule has 7 heteroatoms. The molecule has 1 N–H and O–H groups in total. The van der Waals surface area contributed by atoms with Crippen molar-refractivity contribution in [3.63, 3.8) is 0 Å². The van der Waals surface area contributed by atoms with Crippen LogP contribution in [-0.4, -0.2) is 56.6 Å². The van der Waals surface area contributed by atoms with E-state index >= 15 is 0 Å². The minimum Gasteiger partial charge on any atom is -0.353 e. The standard InChI is InChI=1S/C25H31N5O2/c1-18(2)30(16-19-14-27-28(3)15-19)24(31)13-23-25(32)26-11-12-29(23)17-21-9-6-8-20-7-4-5-10-22(20)21/h4-10,14-15,18,23H,11-13,16-17H2,1-3H3,(H,26,32)/t23-/m0/s1. The Labute approximate surface area is 189 Å². The number of hydrogen-bond donors (Lipinski definition) is 1. The van der Waals surface area contributed by atoms with Crippen LogP contribution >= 0.6 is 0 Å². The van der Waals surface area contributed by atoms with Crippen molar-refractivity contribution in [2.75, 3.05) is 13.1 Å². The highest BCUT2D eigenvalue weighted by Gasteiger charge is 2.33. The predicted molar refractivity (Wildman–Crippen MR) is 125 cm³/mol. The van der Waals surface area contributed by atoms with E-state index in [1.165, 1.54) is 16.3 Å². The Morgan fingerprint density at radius 3 is 2.75 bits per heavy atom. The third-order valence-electron chi connectivity index (χ3n) is 6.12. The Morgan fingerprint density at radius 1 is 1.22 bits per heavy atom. The summed E-state index contributed by atoms with van der Waals surface area (Å²) in [6.45, 7) is 6.44. The maximum atomic E-state index is 13.3. The zero-order valence-electron chi connectivity index (χ0n) is 19.0. The molecule has 0 saturated carbocycles. The number of fused-ring (bicyclic) bond motifs is 1. The van der Waals surface area contributed by atoms with Crippen molar-refractivity contribution in [1.29, 1.82) is 0 Å². The van der Waals surface area contributed by atoms with Crippen LogP contribution in [0.1, 0.15) is 31.4 Å². The Hall–Kier alpha value is -3.19. The fraction of sp³-hybridized carbons (Fsp3) is 0.400. The summed E-state index contributed by atoms with van der Waals surface area (Å²) in [4.78, 5) is 30.1. The van der Waals surface area contributed by atoms with Gasteiger partial charge in [-0.3, -0.25) is 19.2 Å². The van der Waals surface area contributed by atoms with E-state index in [1.807, 2.05) is 44.1 Å². The van der Waals surface area contributed by atoms with E-state index in [1.54, 1.807) is 10.9 Å². The molecule has 2 aromatic carbocycles. The molecule has 0 unspecified atom stereocenters. The molecule has 3 aromatic rings. The van der Waals surface area contributed by atoms with Gasteiger partial charge in [-0.1, -0.05) is 42.5 Å². The molecule has 1 saturated heterocycles. The second-order valence-electron chi connectivity index (χ2n) is 8.76. The lowest BCUT2D eigenvalue weighted by molar-refractivity contribution is -0.140. The molecule has 1 aromatic heterocycles. The average Bonchev–Trinajstić information content (AvgIpc) is 3.19. The topological polar surface area (TPSA) is 70.5 Å². The second kappa shape index (κ2) is 9.53. The van der Waals surface area contributed by atoms with Crippen LogP contribution in [0.3, 0.4) is 0 Å². The summed E-state index contributed by atoms with van der Waals surface area (Å²) in [5, 5.41) is 9.52. The molecule has 1 aliphatic rings. The first-order valence-electron chi connectivity index (χ1n) is 11.2. The molecule has 0 radical (unpaired) electrons. The largest absolute Gasteiger partial charge is 0.353 e. The van der Waals surface area contributed by atoms with Crippen molar-refractivity contribution in [2.24, 2.45) is 7.05 Å². The quantitative estimate of drug-likeness (QED) is 0.622. The lowest BCUT2D eigenvalue weighted by Crippen LogP contribution is -2.56. The summed E-state index contributed by atoms with van der Waals surface area (Å²) < 4.78 is 1.73. The van der Waals surface area contributed by atoms with Gasteiger partial charge in [-0.25, -0.2) is 0 Å². The number of benzene rings is 2. The normalized spacial score (nSPS) is 17.0. The van der Waals surface area contributed by atoms with Gasteiger partial charge in [-0.05, 0) is 30.2 Å². The summed E-state index contributed by atoms with van der Waals surface area (Å²) in [5.74, 6) is -0.0938. The van der Waals surface area contributed by atoms with E-state index in [4.69, 9.17) is 0 Å². The number of carbonyl (C=O) groups excluding carboxylic acids is 2. The van der Waals surface area contributed by atoms with Gasteiger partial charge in [0, 0.05) is 51.0 Å². The SMILES string of the molecule is CC(C)N(Cc1cnn(C)c1)C(=O)C[C@H]1C(=O)NCCN1Cc1cccc2ccccc12. The van der Waals surface area contributed by atoms with Crippen molar-refractivity contribution >= 4 is 22.6 Å². The molecule has 7 nitrogen and oxygen atoms in total. The molecule has 2 amide bonds. The van der Waals surface area contributed by atoms with Gasteiger partial charge in [0.2, 0.25) is 11.8 Å². The zero-order valence-corrected chi connectivity index (χ0v) is 19.0. The van der Waals surface area contributed by atoms with Gasteiger partial charge < -0.3 is 10.2 Å². The number of amides is 2. The summed E-state index contributed by atoms with van der Waals surface area (Å²) in [6, 6.07) is 14.1. The van der Waals surface area contributed by atoms with E-state index in [0.29, 0.717) is 19.6 Å². The van der Waals surface area contributed by atoms with Crippen LogP contribution in [0.25, 0.3) is 10.8 Å². The van der Waals surface area contributed by atoms with Crippen LogP contribution in [-0.2, 0) is 29.7 Å². The maximum absolute atomic E-state index is 13.3. The monoisotopic (exact) mass is 433 g/mol. The van der Waals surface area contributed by atoms with Crippen molar-refractivity contribution in [2.45, 2.75) is 45.4 Å². The molecule has 0 bridgehead atoms. The molecular weight excluding hydrogens is 402 g/mol. The summed E-state index contributed by atoms with van der Waals surface area (Å²) in [6.07, 6.45) is 3.86. The molecule has 2 heterocycles. The van der Waals surface area contributed by atoms with Crippen LogP contribution in [0.4, 0.5) is 0 Å². The van der Waals surface area contributed by atoms with E-state index < -0.39 is 6.04 Å². The van der Waals surface area contributed by atoms with Gasteiger partial charge in [0.1, 0.15) is 0 Å². The number of rotatable bonds is 7. The molecule has 1 aliphatic heterocycles. The van der Waals surface area contributed by atoms with Crippen LogP contribution in [0.15, 0.2) is 54.9 Å². The Bertz CT molecular complexity index is 1100. The molecule has 0 spiro atoms. The van der Waals surface area contributed by atoms with Crippen molar-refractivity contribution in [1.82, 2.24) is 24.9 Å². The molecular formula is C25H31N5O2. The molecule has 32 heavy (non-hydrogen) atoms. The lowest BCUT2D eigenvalue weighted by atomic mass is 10.0. The first-order chi connectivity index (χ1) is 15.4. The summed E-state index contributed by atoms with van der Waals surface area (Å²) >= 11 is 0. The number of nitrogens with one attached hydrogen (secondary N) is 1. The van der Waals surface area contributed by atoms with Gasteiger partial charge in [0.05, 0.1) is 18.7 Å². The fourth-order valence-corrected chi connectivity index (χ4v) is 4.41.